The van der Waals surface area contributed by atoms with Gasteiger partial charge in [-0.05, 0) is 53.8 Å². The molecule has 108 valence electrons. The van der Waals surface area contributed by atoms with Crippen LogP contribution in [0.1, 0.15) is 22.8 Å². The predicted molar refractivity (Wildman–Crippen MR) is 92.6 cm³/mol. The molecule has 2 N–H and O–H groups in total. The minimum absolute atomic E-state index is 0.272. The summed E-state index contributed by atoms with van der Waals surface area (Å²) in [6, 6.07) is 12.2. The Balaban J connectivity index is 2.30. The van der Waals surface area contributed by atoms with Gasteiger partial charge in [-0.15, -0.1) is 0 Å². The third-order valence-corrected chi connectivity index (χ3v) is 4.47. The average molecular weight is 415 g/mol. The van der Waals surface area contributed by atoms with Crippen LogP contribution in [0.2, 0.25) is 5.02 Å². The van der Waals surface area contributed by atoms with Crippen molar-refractivity contribution in [3.63, 3.8) is 0 Å². The van der Waals surface area contributed by atoms with Crippen LogP contribution in [0.3, 0.4) is 0 Å². The predicted octanol–water partition coefficient (Wildman–Crippen LogP) is 4.40. The minimum atomic E-state index is -0.272. The number of oxime groups is 1. The fraction of sp³-hybridized carbons (Fsp3) is 0.0667. The maximum atomic E-state index is 12.3. The van der Waals surface area contributed by atoms with Gasteiger partial charge in [0.25, 0.3) is 5.91 Å². The van der Waals surface area contributed by atoms with E-state index in [1.165, 1.54) is 0 Å². The number of benzene rings is 2. The molecule has 0 radical (unpaired) electrons. The first-order valence-corrected chi connectivity index (χ1v) is 7.53. The van der Waals surface area contributed by atoms with E-state index < -0.39 is 0 Å². The smallest absolute Gasteiger partial charge is 0.255 e. The van der Waals surface area contributed by atoms with Crippen molar-refractivity contribution in [2.45, 2.75) is 6.92 Å². The summed E-state index contributed by atoms with van der Waals surface area (Å²) < 4.78 is 0.884. The van der Waals surface area contributed by atoms with Crippen LogP contribution >= 0.6 is 34.2 Å². The monoisotopic (exact) mass is 414 g/mol. The molecule has 0 fully saturated rings. The maximum Gasteiger partial charge on any atom is 0.255 e. The van der Waals surface area contributed by atoms with Crippen molar-refractivity contribution in [2.24, 2.45) is 5.16 Å². The summed E-state index contributed by atoms with van der Waals surface area (Å²) in [6.07, 6.45) is 0. The molecule has 4 nitrogen and oxygen atoms in total. The van der Waals surface area contributed by atoms with Gasteiger partial charge in [-0.3, -0.25) is 4.79 Å². The van der Waals surface area contributed by atoms with Crippen LogP contribution in [-0.4, -0.2) is 16.8 Å². The van der Waals surface area contributed by atoms with Crippen molar-refractivity contribution in [3.8, 4) is 0 Å². The van der Waals surface area contributed by atoms with E-state index in [-0.39, 0.29) is 5.91 Å². The molecule has 0 aromatic heterocycles. The van der Waals surface area contributed by atoms with Gasteiger partial charge in [0.15, 0.2) is 0 Å². The van der Waals surface area contributed by atoms with Gasteiger partial charge in [0.05, 0.1) is 16.4 Å². The lowest BCUT2D eigenvalue weighted by Gasteiger charge is -2.10. The molecule has 1 amide bonds. The Morgan fingerprint density at radius 1 is 1.29 bits per heavy atom. The Hall–Kier alpha value is -1.60. The summed E-state index contributed by atoms with van der Waals surface area (Å²) in [4.78, 5) is 12.3. The quantitative estimate of drug-likeness (QED) is 0.338. The molecule has 2 aromatic rings. The molecule has 0 aliphatic rings. The van der Waals surface area contributed by atoms with Gasteiger partial charge in [-0.25, -0.2) is 0 Å². The molecule has 0 saturated heterocycles. The fourth-order valence-corrected chi connectivity index (χ4v) is 2.31. The normalized spacial score (nSPS) is 11.3. The van der Waals surface area contributed by atoms with E-state index in [1.807, 2.05) is 0 Å². The number of carbonyl (C=O) groups excluding carboxylic acids is 1. The van der Waals surface area contributed by atoms with E-state index in [2.05, 4.69) is 33.1 Å². The van der Waals surface area contributed by atoms with Gasteiger partial charge in [0, 0.05) is 14.7 Å². The lowest BCUT2D eigenvalue weighted by molar-refractivity contribution is 0.102. The fourth-order valence-electron chi connectivity index (χ4n) is 1.79. The van der Waals surface area contributed by atoms with Gasteiger partial charge in [0.1, 0.15) is 0 Å². The van der Waals surface area contributed by atoms with Crippen molar-refractivity contribution < 1.29 is 10.0 Å². The van der Waals surface area contributed by atoms with Crippen molar-refractivity contribution >= 4 is 51.5 Å². The summed E-state index contributed by atoms with van der Waals surface area (Å²) in [5.41, 5.74) is 2.12. The second-order valence-electron chi connectivity index (χ2n) is 4.31. The lowest BCUT2D eigenvalue weighted by atomic mass is 10.1. The highest BCUT2D eigenvalue weighted by atomic mass is 127. The third kappa shape index (κ3) is 3.74. The Bertz CT molecular complexity index is 717. The standard InChI is InChI=1S/C15H12ClIN2O2/c1-9(19-21)11-4-2-3-5-14(11)18-15(20)10-6-7-13(17)12(16)8-10/h2-8,21H,1H3,(H,18,20)/b19-9-. The molecule has 21 heavy (non-hydrogen) atoms. The van der Waals surface area contributed by atoms with E-state index in [0.29, 0.717) is 27.5 Å². The summed E-state index contributed by atoms with van der Waals surface area (Å²) in [7, 11) is 0. The molecule has 0 atom stereocenters. The van der Waals surface area contributed by atoms with Crippen LogP contribution in [-0.2, 0) is 0 Å². The van der Waals surface area contributed by atoms with Crippen molar-refractivity contribution in [1.82, 2.24) is 0 Å². The molecular formula is C15H12ClIN2O2. The molecule has 0 bridgehead atoms. The highest BCUT2D eigenvalue weighted by Gasteiger charge is 2.11. The first kappa shape index (κ1) is 15.8. The molecular weight excluding hydrogens is 403 g/mol. The molecule has 0 heterocycles. The zero-order chi connectivity index (χ0) is 15.4. The van der Waals surface area contributed by atoms with Gasteiger partial charge in [-0.2, -0.15) is 0 Å². The summed E-state index contributed by atoms with van der Waals surface area (Å²) in [5, 5.41) is 15.4. The Morgan fingerprint density at radius 3 is 2.67 bits per heavy atom. The number of rotatable bonds is 3. The largest absolute Gasteiger partial charge is 0.411 e. The summed E-state index contributed by atoms with van der Waals surface area (Å²) >= 11 is 8.13. The highest BCUT2D eigenvalue weighted by Crippen LogP contribution is 2.21. The van der Waals surface area contributed by atoms with Crippen molar-refractivity contribution in [3.05, 3.63) is 62.2 Å². The Labute approximate surface area is 141 Å². The molecule has 0 aliphatic heterocycles. The van der Waals surface area contributed by atoms with Gasteiger partial charge >= 0.3 is 0 Å². The van der Waals surface area contributed by atoms with Crippen LogP contribution in [0.5, 0.6) is 0 Å². The second kappa shape index (κ2) is 6.91. The molecule has 6 heteroatoms. The third-order valence-electron chi connectivity index (χ3n) is 2.90. The summed E-state index contributed by atoms with van der Waals surface area (Å²) in [6.45, 7) is 1.66. The van der Waals surface area contributed by atoms with E-state index in [0.717, 1.165) is 3.57 Å². The van der Waals surface area contributed by atoms with E-state index >= 15 is 0 Å². The number of nitrogens with zero attached hydrogens (tertiary/aromatic N) is 1. The van der Waals surface area contributed by atoms with E-state index in [9.17, 15) is 4.79 Å². The van der Waals surface area contributed by atoms with Crippen LogP contribution in [0, 0.1) is 3.57 Å². The molecule has 0 unspecified atom stereocenters. The topological polar surface area (TPSA) is 61.7 Å². The average Bonchev–Trinajstić information content (AvgIpc) is 2.49. The SMILES string of the molecule is C/C(=N/O)c1ccccc1NC(=O)c1ccc(I)c(Cl)c1. The van der Waals surface area contributed by atoms with Gasteiger partial charge in [-0.1, -0.05) is 35.0 Å². The zero-order valence-electron chi connectivity index (χ0n) is 11.1. The first-order valence-electron chi connectivity index (χ1n) is 6.07. The van der Waals surface area contributed by atoms with Crippen LogP contribution in [0.15, 0.2) is 47.6 Å². The second-order valence-corrected chi connectivity index (χ2v) is 5.88. The molecule has 0 saturated carbocycles. The summed E-state index contributed by atoms with van der Waals surface area (Å²) in [5.74, 6) is -0.272. The molecule has 0 spiro atoms. The highest BCUT2D eigenvalue weighted by molar-refractivity contribution is 14.1. The lowest BCUT2D eigenvalue weighted by Crippen LogP contribution is -2.14. The van der Waals surface area contributed by atoms with Crippen LogP contribution < -0.4 is 5.32 Å². The number of carbonyl (C=O) groups is 1. The molecule has 2 rings (SSSR count). The maximum absolute atomic E-state index is 12.3. The Kier molecular flexibility index (Phi) is 5.19. The number of amides is 1. The zero-order valence-corrected chi connectivity index (χ0v) is 14.0. The number of halogens is 2. The van der Waals surface area contributed by atoms with E-state index in [4.69, 9.17) is 16.8 Å². The van der Waals surface area contributed by atoms with Gasteiger partial charge < -0.3 is 10.5 Å². The van der Waals surface area contributed by atoms with Crippen molar-refractivity contribution in [1.29, 1.82) is 0 Å². The molecule has 2 aromatic carbocycles. The van der Waals surface area contributed by atoms with Crippen molar-refractivity contribution in [2.75, 3.05) is 5.32 Å². The number of anilines is 1. The molecule has 0 aliphatic carbocycles. The number of hydrogen-bond donors (Lipinski definition) is 2. The number of nitrogens with one attached hydrogen (secondary N) is 1. The van der Waals surface area contributed by atoms with E-state index in [1.54, 1.807) is 49.4 Å². The van der Waals surface area contributed by atoms with Crippen LogP contribution in [0.4, 0.5) is 5.69 Å². The Morgan fingerprint density at radius 2 is 2.00 bits per heavy atom. The minimum Gasteiger partial charge on any atom is -0.411 e. The number of hydrogen-bond acceptors (Lipinski definition) is 3. The number of para-hydroxylation sites is 1. The van der Waals surface area contributed by atoms with Crippen LogP contribution in [0.25, 0.3) is 0 Å². The van der Waals surface area contributed by atoms with Gasteiger partial charge in [0.2, 0.25) is 0 Å². The first-order chi connectivity index (χ1) is 10.0.